The van der Waals surface area contributed by atoms with E-state index in [1.165, 1.54) is 50.7 Å². The molecule has 1 N–H and O–H groups in total. The Balaban J connectivity index is 1.99. The molecule has 2 heterocycles. The predicted octanol–water partition coefficient (Wildman–Crippen LogP) is 0.651. The van der Waals surface area contributed by atoms with Crippen LogP contribution in [0.15, 0.2) is 46.1 Å². The maximum atomic E-state index is 12.8. The SMILES string of the molecule is COc1ccnc2c1c(=O)n(CC(=O)Nc1cccc([N+](=O)[O-])c1)c(=O)n2C. The molecule has 1 aromatic carbocycles. The summed E-state index contributed by atoms with van der Waals surface area (Å²) >= 11 is 0. The van der Waals surface area contributed by atoms with Gasteiger partial charge in [0.25, 0.3) is 11.2 Å². The average Bonchev–Trinajstić information content (AvgIpc) is 2.69. The summed E-state index contributed by atoms with van der Waals surface area (Å²) in [5.41, 5.74) is -1.36. The van der Waals surface area contributed by atoms with E-state index >= 15 is 0 Å². The van der Waals surface area contributed by atoms with Gasteiger partial charge in [-0.05, 0) is 12.1 Å². The molecule has 0 radical (unpaired) electrons. The first-order chi connectivity index (χ1) is 13.3. The molecule has 11 heteroatoms. The minimum absolute atomic E-state index is 0.0650. The number of hydrogen-bond acceptors (Lipinski definition) is 7. The molecule has 0 aliphatic heterocycles. The largest absolute Gasteiger partial charge is 0.496 e. The zero-order valence-electron chi connectivity index (χ0n) is 14.9. The van der Waals surface area contributed by atoms with Crippen molar-refractivity contribution < 1.29 is 14.5 Å². The molecule has 3 aromatic rings. The standard InChI is InChI=1S/C17H15N5O6/c1-20-15-14(12(28-2)6-7-18-15)16(24)21(17(20)25)9-13(23)19-10-4-3-5-11(8-10)22(26)27/h3-8H,9H2,1-2H3,(H,19,23). The van der Waals surface area contributed by atoms with Crippen LogP contribution in [0, 0.1) is 10.1 Å². The van der Waals surface area contributed by atoms with Gasteiger partial charge in [-0.2, -0.15) is 0 Å². The molecule has 0 aliphatic carbocycles. The molecular weight excluding hydrogens is 370 g/mol. The molecule has 0 atom stereocenters. The van der Waals surface area contributed by atoms with Gasteiger partial charge in [0.1, 0.15) is 17.7 Å². The lowest BCUT2D eigenvalue weighted by atomic mass is 10.2. The molecule has 0 unspecified atom stereocenters. The normalized spacial score (nSPS) is 10.6. The summed E-state index contributed by atoms with van der Waals surface area (Å²) in [7, 11) is 2.80. The number of methoxy groups -OCH3 is 1. The molecule has 0 bridgehead atoms. The van der Waals surface area contributed by atoms with E-state index < -0.39 is 28.6 Å². The highest BCUT2D eigenvalue weighted by Crippen LogP contribution is 2.19. The number of anilines is 1. The van der Waals surface area contributed by atoms with E-state index in [1.54, 1.807) is 0 Å². The predicted molar refractivity (Wildman–Crippen MR) is 99.5 cm³/mol. The molecule has 0 aliphatic rings. The van der Waals surface area contributed by atoms with Crippen molar-refractivity contribution in [2.75, 3.05) is 12.4 Å². The second-order valence-electron chi connectivity index (χ2n) is 5.80. The number of aromatic nitrogens is 3. The molecule has 0 fully saturated rings. The smallest absolute Gasteiger partial charge is 0.332 e. The van der Waals surface area contributed by atoms with Gasteiger partial charge in [0.2, 0.25) is 5.91 Å². The third kappa shape index (κ3) is 3.32. The van der Waals surface area contributed by atoms with Gasteiger partial charge in [-0.15, -0.1) is 0 Å². The summed E-state index contributed by atoms with van der Waals surface area (Å²) in [4.78, 5) is 51.9. The number of nitro benzene ring substituents is 1. The van der Waals surface area contributed by atoms with Crippen molar-refractivity contribution in [3.05, 3.63) is 67.5 Å². The van der Waals surface area contributed by atoms with Crippen LogP contribution in [0.2, 0.25) is 0 Å². The summed E-state index contributed by atoms with van der Waals surface area (Å²) in [6.07, 6.45) is 1.40. The lowest BCUT2D eigenvalue weighted by Crippen LogP contribution is -2.42. The van der Waals surface area contributed by atoms with Crippen molar-refractivity contribution in [2.45, 2.75) is 6.54 Å². The Labute approximate surface area is 157 Å². The van der Waals surface area contributed by atoms with Crippen molar-refractivity contribution in [3.8, 4) is 5.75 Å². The molecule has 2 aromatic heterocycles. The third-order valence-corrected chi connectivity index (χ3v) is 4.05. The molecule has 0 spiro atoms. The molecule has 11 nitrogen and oxygen atoms in total. The number of pyridine rings is 1. The van der Waals surface area contributed by atoms with Crippen LogP contribution < -0.4 is 21.3 Å². The van der Waals surface area contributed by atoms with Crippen LogP contribution in [0.5, 0.6) is 5.75 Å². The lowest BCUT2D eigenvalue weighted by molar-refractivity contribution is -0.384. The molecule has 0 saturated carbocycles. The highest BCUT2D eigenvalue weighted by molar-refractivity contribution is 5.91. The summed E-state index contributed by atoms with van der Waals surface area (Å²) in [5, 5.41) is 13.3. The fourth-order valence-electron chi connectivity index (χ4n) is 2.73. The van der Waals surface area contributed by atoms with Crippen LogP contribution in [0.4, 0.5) is 11.4 Å². The number of benzene rings is 1. The van der Waals surface area contributed by atoms with Gasteiger partial charge in [-0.1, -0.05) is 6.07 Å². The number of amides is 1. The van der Waals surface area contributed by atoms with E-state index in [0.29, 0.717) is 0 Å². The Morgan fingerprint density at radius 3 is 2.75 bits per heavy atom. The Kier molecular flexibility index (Phi) is 4.90. The number of nitrogens with zero attached hydrogens (tertiary/aromatic N) is 4. The first-order valence-electron chi connectivity index (χ1n) is 8.00. The Bertz CT molecular complexity index is 1210. The molecule has 28 heavy (non-hydrogen) atoms. The van der Waals surface area contributed by atoms with Crippen LogP contribution in [-0.4, -0.2) is 32.1 Å². The van der Waals surface area contributed by atoms with Crippen LogP contribution in [0.3, 0.4) is 0 Å². The number of ether oxygens (including phenoxy) is 1. The van der Waals surface area contributed by atoms with Gasteiger partial charge in [-0.3, -0.25) is 24.3 Å². The zero-order valence-corrected chi connectivity index (χ0v) is 14.9. The molecule has 1 amide bonds. The minimum Gasteiger partial charge on any atom is -0.496 e. The topological polar surface area (TPSA) is 138 Å². The van der Waals surface area contributed by atoms with Gasteiger partial charge >= 0.3 is 5.69 Å². The second-order valence-corrected chi connectivity index (χ2v) is 5.80. The van der Waals surface area contributed by atoms with E-state index in [0.717, 1.165) is 9.13 Å². The van der Waals surface area contributed by atoms with Crippen molar-refractivity contribution in [2.24, 2.45) is 7.05 Å². The first-order valence-corrected chi connectivity index (χ1v) is 8.00. The number of aryl methyl sites for hydroxylation is 1. The molecule has 0 saturated heterocycles. The van der Waals surface area contributed by atoms with Crippen LogP contribution in [0.1, 0.15) is 0 Å². The van der Waals surface area contributed by atoms with Gasteiger partial charge in [0, 0.05) is 31.1 Å². The van der Waals surface area contributed by atoms with E-state index in [-0.39, 0.29) is 28.2 Å². The summed E-state index contributed by atoms with van der Waals surface area (Å²) in [6.45, 7) is -0.581. The first kappa shape index (κ1) is 18.8. The fraction of sp³-hybridized carbons (Fsp3) is 0.176. The van der Waals surface area contributed by atoms with Gasteiger partial charge in [0.15, 0.2) is 5.65 Å². The Morgan fingerprint density at radius 2 is 2.07 bits per heavy atom. The number of non-ortho nitro benzene ring substituents is 1. The lowest BCUT2D eigenvalue weighted by Gasteiger charge is -2.12. The van der Waals surface area contributed by atoms with Gasteiger partial charge in [0.05, 0.1) is 12.0 Å². The molecule has 3 rings (SSSR count). The zero-order chi connectivity index (χ0) is 20.4. The number of hydrogen-bond donors (Lipinski definition) is 1. The monoisotopic (exact) mass is 385 g/mol. The number of nitrogens with one attached hydrogen (secondary N) is 1. The highest BCUT2D eigenvalue weighted by Gasteiger charge is 2.18. The van der Waals surface area contributed by atoms with Crippen molar-refractivity contribution in [3.63, 3.8) is 0 Å². The van der Waals surface area contributed by atoms with Gasteiger partial charge in [-0.25, -0.2) is 14.3 Å². The summed E-state index contributed by atoms with van der Waals surface area (Å²) in [6, 6.07) is 6.79. The van der Waals surface area contributed by atoms with Crippen LogP contribution >= 0.6 is 0 Å². The number of carbonyl (C=O) groups excluding carboxylic acids is 1. The van der Waals surface area contributed by atoms with Crippen molar-refractivity contribution in [1.82, 2.24) is 14.1 Å². The number of nitro groups is 1. The fourth-order valence-corrected chi connectivity index (χ4v) is 2.73. The quantitative estimate of drug-likeness (QED) is 0.502. The summed E-state index contributed by atoms with van der Waals surface area (Å²) in [5.74, 6) is -0.472. The molecule has 144 valence electrons. The summed E-state index contributed by atoms with van der Waals surface area (Å²) < 4.78 is 7.05. The maximum absolute atomic E-state index is 12.8. The molecular formula is C17H15N5O6. The highest BCUT2D eigenvalue weighted by atomic mass is 16.6. The maximum Gasteiger partial charge on any atom is 0.332 e. The van der Waals surface area contributed by atoms with Crippen LogP contribution in [-0.2, 0) is 18.4 Å². The minimum atomic E-state index is -0.729. The van der Waals surface area contributed by atoms with E-state index in [1.807, 2.05) is 0 Å². The number of carbonyl (C=O) groups is 1. The Hall–Kier alpha value is -4.02. The van der Waals surface area contributed by atoms with Crippen LogP contribution in [0.25, 0.3) is 11.0 Å². The third-order valence-electron chi connectivity index (χ3n) is 4.05. The van der Waals surface area contributed by atoms with Gasteiger partial charge < -0.3 is 10.1 Å². The van der Waals surface area contributed by atoms with E-state index in [2.05, 4.69) is 10.3 Å². The second kappa shape index (κ2) is 7.31. The van der Waals surface area contributed by atoms with Crippen molar-refractivity contribution in [1.29, 1.82) is 0 Å². The number of fused-ring (bicyclic) bond motifs is 1. The number of rotatable bonds is 5. The Morgan fingerprint density at radius 1 is 1.32 bits per heavy atom. The average molecular weight is 385 g/mol. The van der Waals surface area contributed by atoms with E-state index in [9.17, 15) is 24.5 Å². The van der Waals surface area contributed by atoms with E-state index in [4.69, 9.17) is 4.74 Å². The van der Waals surface area contributed by atoms with Crippen molar-refractivity contribution >= 4 is 28.3 Å².